The Balaban J connectivity index is 1.53. The number of halogens is 1. The fourth-order valence-corrected chi connectivity index (χ4v) is 4.14. The molecule has 0 heterocycles. The third kappa shape index (κ3) is 7.90. The highest BCUT2D eigenvalue weighted by Gasteiger charge is 2.20. The van der Waals surface area contributed by atoms with Crippen LogP contribution in [0, 0.1) is 10.1 Å². The molecular formula is C23H21BrN4O6S. The van der Waals surface area contributed by atoms with Crippen LogP contribution in [-0.2, 0) is 21.4 Å². The van der Waals surface area contributed by atoms with Gasteiger partial charge in [0, 0.05) is 16.6 Å². The van der Waals surface area contributed by atoms with Gasteiger partial charge in [-0.2, -0.15) is 5.10 Å². The molecule has 3 aromatic carbocycles. The fourth-order valence-electron chi connectivity index (χ4n) is 2.91. The number of hydrogen-bond acceptors (Lipinski definition) is 7. The first-order valence-corrected chi connectivity index (χ1v) is 12.8. The topological polar surface area (TPSA) is 131 Å². The number of sulfonamides is 1. The molecule has 0 spiro atoms. The molecule has 1 amide bonds. The van der Waals surface area contributed by atoms with Crippen LogP contribution in [-0.4, -0.2) is 38.3 Å². The van der Waals surface area contributed by atoms with Crippen molar-refractivity contribution in [1.82, 2.24) is 5.43 Å². The van der Waals surface area contributed by atoms with Crippen molar-refractivity contribution in [3.8, 4) is 5.75 Å². The molecule has 0 saturated carbocycles. The molecule has 0 aliphatic carbocycles. The molecule has 0 bridgehead atoms. The van der Waals surface area contributed by atoms with Crippen LogP contribution in [0.3, 0.4) is 0 Å². The average Bonchev–Trinajstić information content (AvgIpc) is 2.81. The SMILES string of the molecule is CS(=O)(=O)N(CC(=O)N/N=C\c1ccc(OCc2ccc([N+](=O)[O-])cc2)cc1)c1cccc(Br)c1. The van der Waals surface area contributed by atoms with Crippen molar-refractivity contribution in [2.75, 3.05) is 17.1 Å². The Hall–Kier alpha value is -3.77. The maximum Gasteiger partial charge on any atom is 0.269 e. The Morgan fingerprint density at radius 2 is 1.83 bits per heavy atom. The number of non-ortho nitro benzene ring substituents is 1. The quantitative estimate of drug-likeness (QED) is 0.227. The highest BCUT2D eigenvalue weighted by molar-refractivity contribution is 9.10. The maximum atomic E-state index is 12.3. The fraction of sp³-hybridized carbons (Fsp3) is 0.130. The maximum absolute atomic E-state index is 12.3. The Morgan fingerprint density at radius 3 is 2.43 bits per heavy atom. The number of ether oxygens (including phenoxy) is 1. The molecule has 10 nitrogen and oxygen atoms in total. The third-order valence-corrected chi connectivity index (χ3v) is 6.25. The lowest BCUT2D eigenvalue weighted by Gasteiger charge is -2.21. The number of benzene rings is 3. The number of anilines is 1. The lowest BCUT2D eigenvalue weighted by molar-refractivity contribution is -0.384. The van der Waals surface area contributed by atoms with Crippen LogP contribution in [0.2, 0.25) is 0 Å². The van der Waals surface area contributed by atoms with Gasteiger partial charge in [-0.25, -0.2) is 13.8 Å². The van der Waals surface area contributed by atoms with Crippen LogP contribution in [0.4, 0.5) is 11.4 Å². The number of nitrogens with zero attached hydrogens (tertiary/aromatic N) is 3. The summed E-state index contributed by atoms with van der Waals surface area (Å²) in [5, 5.41) is 14.6. The summed E-state index contributed by atoms with van der Waals surface area (Å²) < 4.78 is 31.6. The molecular weight excluding hydrogens is 540 g/mol. The van der Waals surface area contributed by atoms with Gasteiger partial charge in [0.2, 0.25) is 10.0 Å². The number of nitro groups is 1. The number of carbonyl (C=O) groups is 1. The summed E-state index contributed by atoms with van der Waals surface area (Å²) in [6.07, 6.45) is 2.44. The van der Waals surface area contributed by atoms with Crippen molar-refractivity contribution in [3.63, 3.8) is 0 Å². The molecule has 0 radical (unpaired) electrons. The third-order valence-electron chi connectivity index (χ3n) is 4.62. The Morgan fingerprint density at radius 1 is 1.14 bits per heavy atom. The predicted octanol–water partition coefficient (Wildman–Crippen LogP) is 3.85. The zero-order valence-corrected chi connectivity index (χ0v) is 20.9. The molecule has 0 unspecified atom stereocenters. The second kappa shape index (κ2) is 11.6. The number of hydrogen-bond donors (Lipinski definition) is 1. The molecule has 0 saturated heterocycles. The largest absolute Gasteiger partial charge is 0.489 e. The first kappa shape index (κ1) is 25.8. The summed E-state index contributed by atoms with van der Waals surface area (Å²) in [6, 6.07) is 19.6. The molecule has 0 fully saturated rings. The normalized spacial score (nSPS) is 11.3. The molecule has 35 heavy (non-hydrogen) atoms. The van der Waals surface area contributed by atoms with E-state index in [0.29, 0.717) is 21.5 Å². The first-order valence-electron chi connectivity index (χ1n) is 10.1. The summed E-state index contributed by atoms with van der Waals surface area (Å²) in [6.45, 7) is -0.182. The van der Waals surface area contributed by atoms with Gasteiger partial charge in [-0.1, -0.05) is 22.0 Å². The van der Waals surface area contributed by atoms with Gasteiger partial charge in [-0.05, 0) is 65.7 Å². The highest BCUT2D eigenvalue weighted by Crippen LogP contribution is 2.22. The van der Waals surface area contributed by atoms with Gasteiger partial charge in [0.25, 0.3) is 11.6 Å². The number of hydrazone groups is 1. The minimum absolute atomic E-state index is 0.0154. The van der Waals surface area contributed by atoms with Gasteiger partial charge >= 0.3 is 0 Å². The molecule has 0 aliphatic rings. The second-order valence-electron chi connectivity index (χ2n) is 7.32. The number of nitro benzene ring substituents is 1. The Labute approximate surface area is 210 Å². The van der Waals surface area contributed by atoms with Gasteiger partial charge in [0.05, 0.1) is 23.1 Å². The van der Waals surface area contributed by atoms with E-state index >= 15 is 0 Å². The van der Waals surface area contributed by atoms with Crippen molar-refractivity contribution in [2.24, 2.45) is 5.10 Å². The molecule has 0 atom stereocenters. The standard InChI is InChI=1S/C23H21BrN4O6S/c1-35(32,33)27(21-4-2-3-19(24)13-21)15-23(29)26-25-14-17-7-11-22(12-8-17)34-16-18-5-9-20(10-6-18)28(30)31/h2-14H,15-16H2,1H3,(H,26,29)/b25-14-. The van der Waals surface area contributed by atoms with E-state index in [-0.39, 0.29) is 12.3 Å². The molecule has 12 heteroatoms. The summed E-state index contributed by atoms with van der Waals surface area (Å²) in [5.41, 5.74) is 4.16. The van der Waals surface area contributed by atoms with Crippen molar-refractivity contribution in [3.05, 3.63) is 98.5 Å². The minimum atomic E-state index is -3.69. The first-order chi connectivity index (χ1) is 16.6. The minimum Gasteiger partial charge on any atom is -0.489 e. The van der Waals surface area contributed by atoms with E-state index in [1.54, 1.807) is 60.7 Å². The molecule has 1 N–H and O–H groups in total. The Kier molecular flexibility index (Phi) is 8.55. The van der Waals surface area contributed by atoms with Gasteiger partial charge in [0.15, 0.2) is 0 Å². The molecule has 3 rings (SSSR count). The van der Waals surface area contributed by atoms with Crippen molar-refractivity contribution in [2.45, 2.75) is 6.61 Å². The summed E-state index contributed by atoms with van der Waals surface area (Å²) >= 11 is 3.29. The monoisotopic (exact) mass is 560 g/mol. The number of amides is 1. The molecule has 3 aromatic rings. The molecule has 0 aliphatic heterocycles. The van der Waals surface area contributed by atoms with Gasteiger partial charge in [0.1, 0.15) is 18.9 Å². The van der Waals surface area contributed by atoms with Gasteiger partial charge in [-0.3, -0.25) is 19.2 Å². The number of nitrogens with one attached hydrogen (secondary N) is 1. The van der Waals surface area contributed by atoms with Crippen LogP contribution in [0.15, 0.2) is 82.4 Å². The average molecular weight is 561 g/mol. The van der Waals surface area contributed by atoms with Crippen LogP contribution in [0.25, 0.3) is 0 Å². The summed E-state index contributed by atoms with van der Waals surface area (Å²) in [7, 11) is -3.69. The summed E-state index contributed by atoms with van der Waals surface area (Å²) in [4.78, 5) is 22.5. The zero-order valence-electron chi connectivity index (χ0n) is 18.5. The van der Waals surface area contributed by atoms with E-state index in [2.05, 4.69) is 26.5 Å². The summed E-state index contributed by atoms with van der Waals surface area (Å²) in [5.74, 6) is -0.0166. The van der Waals surface area contributed by atoms with Gasteiger partial charge in [-0.15, -0.1) is 0 Å². The van der Waals surface area contributed by atoms with Crippen LogP contribution in [0.5, 0.6) is 5.75 Å². The van der Waals surface area contributed by atoms with Crippen molar-refractivity contribution < 1.29 is 22.9 Å². The lowest BCUT2D eigenvalue weighted by atomic mass is 10.2. The predicted molar refractivity (Wildman–Crippen MR) is 136 cm³/mol. The lowest BCUT2D eigenvalue weighted by Crippen LogP contribution is -2.39. The van der Waals surface area contributed by atoms with Gasteiger partial charge < -0.3 is 4.74 Å². The second-order valence-corrected chi connectivity index (χ2v) is 10.1. The van der Waals surface area contributed by atoms with Crippen LogP contribution < -0.4 is 14.5 Å². The van der Waals surface area contributed by atoms with Crippen LogP contribution in [0.1, 0.15) is 11.1 Å². The van der Waals surface area contributed by atoms with E-state index in [0.717, 1.165) is 16.1 Å². The number of rotatable bonds is 10. The van der Waals surface area contributed by atoms with Crippen LogP contribution >= 0.6 is 15.9 Å². The molecule has 0 aromatic heterocycles. The smallest absolute Gasteiger partial charge is 0.269 e. The molecule has 182 valence electrons. The van der Waals surface area contributed by atoms with E-state index in [9.17, 15) is 23.3 Å². The van der Waals surface area contributed by atoms with Crippen molar-refractivity contribution in [1.29, 1.82) is 0 Å². The zero-order chi connectivity index (χ0) is 25.4. The van der Waals surface area contributed by atoms with E-state index < -0.39 is 27.4 Å². The number of carbonyl (C=O) groups excluding carboxylic acids is 1. The Bertz CT molecular complexity index is 1330. The van der Waals surface area contributed by atoms with E-state index in [4.69, 9.17) is 4.74 Å². The van der Waals surface area contributed by atoms with E-state index in [1.165, 1.54) is 18.3 Å². The highest BCUT2D eigenvalue weighted by atomic mass is 79.9. The van der Waals surface area contributed by atoms with E-state index in [1.807, 2.05) is 0 Å². The van der Waals surface area contributed by atoms with Crippen molar-refractivity contribution >= 4 is 49.4 Å².